The van der Waals surface area contributed by atoms with Crippen LogP contribution in [0.4, 0.5) is 28.6 Å². The minimum atomic E-state index is -4.25. The van der Waals surface area contributed by atoms with Crippen LogP contribution < -0.4 is 9.50 Å². The van der Waals surface area contributed by atoms with Gasteiger partial charge in [-0.15, -0.1) is 10.2 Å². The SMILES string of the molecule is O=[N+]([O-])c1cc(S(=O)(=O)Oc2ccccc2)ccc1Nc1ccc(N=Nc2cc[nH]n2)cc1. The van der Waals surface area contributed by atoms with Crippen molar-refractivity contribution < 1.29 is 17.5 Å². The number of benzene rings is 3. The third kappa shape index (κ3) is 5.37. The fourth-order valence-electron chi connectivity index (χ4n) is 2.76. The number of nitrogens with one attached hydrogen (secondary N) is 2. The smallest absolute Gasteiger partial charge is 0.339 e. The molecule has 0 atom stereocenters. The van der Waals surface area contributed by atoms with Crippen molar-refractivity contribution >= 4 is 38.7 Å². The van der Waals surface area contributed by atoms with Crippen LogP contribution in [0.2, 0.25) is 0 Å². The first-order valence-electron chi connectivity index (χ1n) is 9.47. The molecule has 33 heavy (non-hydrogen) atoms. The maximum absolute atomic E-state index is 12.5. The quantitative estimate of drug-likeness (QED) is 0.156. The van der Waals surface area contributed by atoms with Crippen LogP contribution >= 0.6 is 0 Å². The molecule has 0 radical (unpaired) electrons. The van der Waals surface area contributed by atoms with E-state index in [0.717, 1.165) is 6.07 Å². The van der Waals surface area contributed by atoms with E-state index in [1.54, 1.807) is 54.7 Å². The van der Waals surface area contributed by atoms with Gasteiger partial charge in [-0.3, -0.25) is 15.2 Å². The molecule has 0 aliphatic rings. The molecule has 12 heteroatoms. The van der Waals surface area contributed by atoms with Crippen molar-refractivity contribution in [3.63, 3.8) is 0 Å². The molecule has 3 aromatic carbocycles. The van der Waals surface area contributed by atoms with Crippen LogP contribution in [0.25, 0.3) is 0 Å². The first kappa shape index (κ1) is 21.6. The highest BCUT2D eigenvalue weighted by Gasteiger charge is 2.23. The number of nitro benzene ring substituents is 1. The lowest BCUT2D eigenvalue weighted by Gasteiger charge is -2.10. The summed E-state index contributed by atoms with van der Waals surface area (Å²) in [6.07, 6.45) is 1.62. The van der Waals surface area contributed by atoms with Crippen molar-refractivity contribution in [2.45, 2.75) is 4.90 Å². The zero-order chi connectivity index (χ0) is 23.3. The molecular weight excluding hydrogens is 448 g/mol. The summed E-state index contributed by atoms with van der Waals surface area (Å²) < 4.78 is 30.1. The van der Waals surface area contributed by atoms with E-state index in [0.29, 0.717) is 17.2 Å². The third-order valence-corrected chi connectivity index (χ3v) is 5.55. The Balaban J connectivity index is 1.54. The monoisotopic (exact) mass is 464 g/mol. The molecule has 1 aromatic heterocycles. The fraction of sp³-hybridized carbons (Fsp3) is 0. The van der Waals surface area contributed by atoms with Gasteiger partial charge < -0.3 is 9.50 Å². The highest BCUT2D eigenvalue weighted by atomic mass is 32.2. The highest BCUT2D eigenvalue weighted by molar-refractivity contribution is 7.87. The number of hydrogen-bond donors (Lipinski definition) is 2. The van der Waals surface area contributed by atoms with Crippen molar-refractivity contribution in [2.75, 3.05) is 5.32 Å². The molecule has 0 unspecified atom stereocenters. The van der Waals surface area contributed by atoms with E-state index in [4.69, 9.17) is 4.18 Å². The van der Waals surface area contributed by atoms with Gasteiger partial charge in [-0.05, 0) is 48.5 Å². The number of rotatable bonds is 8. The Kier molecular flexibility index (Phi) is 6.09. The summed E-state index contributed by atoms with van der Waals surface area (Å²) in [6, 6.07) is 19.7. The second-order valence-corrected chi connectivity index (χ2v) is 8.14. The van der Waals surface area contributed by atoms with Gasteiger partial charge in [0.2, 0.25) is 0 Å². The second-order valence-electron chi connectivity index (χ2n) is 6.59. The molecule has 0 fully saturated rings. The summed E-state index contributed by atoms with van der Waals surface area (Å²) in [4.78, 5) is 10.6. The van der Waals surface area contributed by atoms with Crippen molar-refractivity contribution in [3.05, 3.63) is 95.2 Å². The number of aromatic amines is 1. The molecule has 2 N–H and O–H groups in total. The van der Waals surface area contributed by atoms with Crippen LogP contribution in [0.3, 0.4) is 0 Å². The fourth-order valence-corrected chi connectivity index (χ4v) is 3.71. The van der Waals surface area contributed by atoms with Crippen molar-refractivity contribution in [2.24, 2.45) is 10.2 Å². The summed E-state index contributed by atoms with van der Waals surface area (Å²) in [5, 5.41) is 29.0. The summed E-state index contributed by atoms with van der Waals surface area (Å²) in [5.41, 5.74) is 0.783. The number of para-hydroxylation sites is 1. The Morgan fingerprint density at radius 3 is 2.39 bits per heavy atom. The van der Waals surface area contributed by atoms with Crippen LogP contribution in [-0.4, -0.2) is 23.5 Å². The van der Waals surface area contributed by atoms with E-state index in [1.807, 2.05) is 0 Å². The maximum atomic E-state index is 12.5. The lowest BCUT2D eigenvalue weighted by atomic mass is 10.2. The van der Waals surface area contributed by atoms with E-state index in [2.05, 4.69) is 25.7 Å². The topological polar surface area (TPSA) is 152 Å². The summed E-state index contributed by atoms with van der Waals surface area (Å²) in [5.74, 6) is 0.533. The minimum Gasteiger partial charge on any atom is -0.379 e. The molecule has 4 rings (SSSR count). The first-order chi connectivity index (χ1) is 15.9. The molecule has 0 amide bonds. The summed E-state index contributed by atoms with van der Waals surface area (Å²) >= 11 is 0. The molecule has 4 aromatic rings. The van der Waals surface area contributed by atoms with E-state index >= 15 is 0 Å². The molecular formula is C21H16N6O5S. The molecule has 11 nitrogen and oxygen atoms in total. The zero-order valence-corrected chi connectivity index (χ0v) is 17.6. The van der Waals surface area contributed by atoms with Gasteiger partial charge >= 0.3 is 10.1 Å². The number of nitro groups is 1. The Morgan fingerprint density at radius 2 is 1.73 bits per heavy atom. The number of azo groups is 1. The summed E-state index contributed by atoms with van der Waals surface area (Å²) in [6.45, 7) is 0. The highest BCUT2D eigenvalue weighted by Crippen LogP contribution is 2.32. The largest absolute Gasteiger partial charge is 0.379 e. The van der Waals surface area contributed by atoms with Crippen LogP contribution in [0.1, 0.15) is 0 Å². The van der Waals surface area contributed by atoms with Gasteiger partial charge in [0.25, 0.3) is 5.69 Å². The first-order valence-corrected chi connectivity index (χ1v) is 10.9. The number of nitrogens with zero attached hydrogens (tertiary/aromatic N) is 4. The molecule has 0 saturated carbocycles. The predicted molar refractivity (Wildman–Crippen MR) is 120 cm³/mol. The van der Waals surface area contributed by atoms with Crippen molar-refractivity contribution in [1.82, 2.24) is 10.2 Å². The molecule has 0 saturated heterocycles. The molecule has 1 heterocycles. The van der Waals surface area contributed by atoms with Gasteiger partial charge in [0.05, 0.1) is 10.6 Å². The molecule has 0 spiro atoms. The van der Waals surface area contributed by atoms with Gasteiger partial charge in [0.1, 0.15) is 16.3 Å². The second kappa shape index (κ2) is 9.28. The number of aromatic nitrogens is 2. The number of hydrogen-bond acceptors (Lipinski definition) is 9. The standard InChI is InChI=1S/C21H16N6O5S/c28-27(29)20-14-18(33(30,31)32-17-4-2-1-3-5-17)10-11-19(20)23-15-6-8-16(9-7-15)24-26-21-12-13-22-25-21/h1-14,23H,(H,22,25). The van der Waals surface area contributed by atoms with Crippen molar-refractivity contribution in [3.8, 4) is 5.75 Å². The van der Waals surface area contributed by atoms with Crippen molar-refractivity contribution in [1.29, 1.82) is 0 Å². The van der Waals surface area contributed by atoms with E-state index < -0.39 is 20.7 Å². The predicted octanol–water partition coefficient (Wildman–Crippen LogP) is 5.24. The lowest BCUT2D eigenvalue weighted by Crippen LogP contribution is -2.10. The Hall–Kier alpha value is -4.58. The number of H-pyrrole nitrogens is 1. The van der Waals surface area contributed by atoms with Gasteiger partial charge in [0, 0.05) is 24.0 Å². The average Bonchev–Trinajstić information content (AvgIpc) is 3.33. The van der Waals surface area contributed by atoms with E-state index in [9.17, 15) is 18.5 Å². The Labute approximate surface area is 188 Å². The van der Waals surface area contributed by atoms with Crippen LogP contribution in [0.15, 0.2) is 100 Å². The molecule has 166 valence electrons. The van der Waals surface area contributed by atoms with E-state index in [1.165, 1.54) is 24.3 Å². The van der Waals surface area contributed by atoms with Gasteiger partial charge in [-0.1, -0.05) is 18.2 Å². The third-order valence-electron chi connectivity index (χ3n) is 4.30. The molecule has 0 bridgehead atoms. The molecule has 0 aliphatic carbocycles. The summed E-state index contributed by atoms with van der Waals surface area (Å²) in [7, 11) is -4.25. The van der Waals surface area contributed by atoms with Gasteiger partial charge in [-0.2, -0.15) is 13.5 Å². The van der Waals surface area contributed by atoms with Crippen LogP contribution in [-0.2, 0) is 10.1 Å². The van der Waals surface area contributed by atoms with Gasteiger partial charge in [-0.25, -0.2) is 0 Å². The van der Waals surface area contributed by atoms with Crippen LogP contribution in [0.5, 0.6) is 5.75 Å². The lowest BCUT2D eigenvalue weighted by molar-refractivity contribution is -0.384. The average molecular weight is 464 g/mol. The maximum Gasteiger partial charge on any atom is 0.339 e. The van der Waals surface area contributed by atoms with Crippen LogP contribution in [0, 0.1) is 10.1 Å². The Morgan fingerprint density at radius 1 is 0.970 bits per heavy atom. The zero-order valence-electron chi connectivity index (χ0n) is 16.8. The Bertz CT molecular complexity index is 1390. The van der Waals surface area contributed by atoms with Gasteiger partial charge in [0.15, 0.2) is 5.82 Å². The van der Waals surface area contributed by atoms with E-state index in [-0.39, 0.29) is 16.3 Å². The normalized spacial score (nSPS) is 11.4. The molecule has 0 aliphatic heterocycles. The number of anilines is 2. The minimum absolute atomic E-state index is 0.104.